The average molecular weight is 406 g/mol. The molecule has 1 fully saturated rings. The smallest absolute Gasteiger partial charge is 0.293 e. The number of nitrogens with zero attached hydrogens (tertiary/aromatic N) is 5. The van der Waals surface area contributed by atoms with Gasteiger partial charge in [0.05, 0.1) is 18.8 Å². The van der Waals surface area contributed by atoms with E-state index in [9.17, 15) is 9.59 Å². The lowest BCUT2D eigenvalue weighted by atomic mass is 9.96. The molecule has 4 rings (SSSR count). The van der Waals surface area contributed by atoms with E-state index in [1.807, 2.05) is 49.2 Å². The molecule has 3 heterocycles. The zero-order valence-corrected chi connectivity index (χ0v) is 17.2. The Hall–Kier alpha value is -3.42. The third-order valence-corrected chi connectivity index (χ3v) is 5.66. The van der Waals surface area contributed by atoms with E-state index >= 15 is 0 Å². The second kappa shape index (κ2) is 8.52. The number of likely N-dealkylation sites (tertiary alicyclic amines) is 1. The zero-order chi connectivity index (χ0) is 21.1. The molecule has 8 heteroatoms. The maximum atomic E-state index is 12.4. The fourth-order valence-corrected chi connectivity index (χ4v) is 4.07. The van der Waals surface area contributed by atoms with Crippen LogP contribution in [-0.2, 0) is 17.9 Å². The molecule has 1 amide bonds. The summed E-state index contributed by atoms with van der Waals surface area (Å²) in [5, 5.41) is 7.66. The quantitative estimate of drug-likeness (QED) is 0.650. The van der Waals surface area contributed by atoms with Crippen LogP contribution < -0.4 is 10.9 Å². The second-order valence-corrected chi connectivity index (χ2v) is 7.62. The highest BCUT2D eigenvalue weighted by Crippen LogP contribution is 2.36. The Morgan fingerprint density at radius 3 is 2.77 bits per heavy atom. The number of benzene rings is 1. The number of aromatic nitrogens is 4. The van der Waals surface area contributed by atoms with Gasteiger partial charge in [-0.15, -0.1) is 0 Å². The molecule has 1 aliphatic heterocycles. The summed E-state index contributed by atoms with van der Waals surface area (Å²) in [6.07, 6.45) is 7.55. The van der Waals surface area contributed by atoms with Gasteiger partial charge in [-0.25, -0.2) is 4.98 Å². The highest BCUT2D eigenvalue weighted by molar-refractivity contribution is 5.79. The van der Waals surface area contributed by atoms with E-state index in [1.165, 1.54) is 5.56 Å². The van der Waals surface area contributed by atoms with Crippen molar-refractivity contribution in [3.63, 3.8) is 0 Å². The van der Waals surface area contributed by atoms with Gasteiger partial charge in [-0.3, -0.25) is 14.3 Å². The van der Waals surface area contributed by atoms with E-state index in [1.54, 1.807) is 21.9 Å². The van der Waals surface area contributed by atoms with Gasteiger partial charge >= 0.3 is 0 Å². The van der Waals surface area contributed by atoms with Gasteiger partial charge in [0.15, 0.2) is 5.82 Å². The Balaban J connectivity index is 1.50. The Morgan fingerprint density at radius 1 is 1.20 bits per heavy atom. The van der Waals surface area contributed by atoms with Crippen LogP contribution in [0.5, 0.6) is 0 Å². The molecule has 2 aromatic heterocycles. The highest BCUT2D eigenvalue weighted by atomic mass is 16.2. The van der Waals surface area contributed by atoms with E-state index in [4.69, 9.17) is 0 Å². The molecule has 1 aliphatic rings. The molecule has 1 saturated heterocycles. The predicted octanol–water partition coefficient (Wildman–Crippen LogP) is 2.14. The fraction of sp³-hybridized carbons (Fsp3) is 0.364. The third-order valence-electron chi connectivity index (χ3n) is 5.66. The van der Waals surface area contributed by atoms with Crippen molar-refractivity contribution in [3.8, 4) is 0 Å². The normalized spacial score (nSPS) is 18.7. The summed E-state index contributed by atoms with van der Waals surface area (Å²) in [5.74, 6) is 0.433. The van der Waals surface area contributed by atoms with E-state index in [-0.39, 0.29) is 23.4 Å². The number of amides is 1. The molecule has 0 unspecified atom stereocenters. The molecule has 8 nitrogen and oxygen atoms in total. The minimum atomic E-state index is -0.148. The van der Waals surface area contributed by atoms with Gasteiger partial charge in [-0.1, -0.05) is 30.3 Å². The van der Waals surface area contributed by atoms with Gasteiger partial charge in [-0.2, -0.15) is 5.10 Å². The highest BCUT2D eigenvalue weighted by Gasteiger charge is 2.39. The number of rotatable bonds is 7. The Bertz CT molecular complexity index is 1070. The summed E-state index contributed by atoms with van der Waals surface area (Å²) < 4.78 is 3.50. The van der Waals surface area contributed by atoms with Crippen LogP contribution in [0.4, 0.5) is 5.82 Å². The van der Waals surface area contributed by atoms with Crippen LogP contribution in [0, 0.1) is 5.92 Å². The first-order valence-electron chi connectivity index (χ1n) is 10.2. The Morgan fingerprint density at radius 2 is 2.00 bits per heavy atom. The Labute approximate surface area is 175 Å². The third kappa shape index (κ3) is 3.98. The molecule has 0 spiro atoms. The molecule has 30 heavy (non-hydrogen) atoms. The van der Waals surface area contributed by atoms with E-state index < -0.39 is 0 Å². The molecule has 1 aromatic carbocycles. The summed E-state index contributed by atoms with van der Waals surface area (Å²) in [6, 6.07) is 10.0. The van der Waals surface area contributed by atoms with Crippen LogP contribution in [0.3, 0.4) is 0 Å². The van der Waals surface area contributed by atoms with Crippen molar-refractivity contribution in [3.05, 3.63) is 76.6 Å². The van der Waals surface area contributed by atoms with Crippen LogP contribution in [0.2, 0.25) is 0 Å². The standard InChI is InChI=1S/C22H26N6O2/c1-3-27-10-9-23-21(22(27)30)24-12-17-11-19(29)26(2)20(17)18-13-25-28(15-18)14-16-7-5-4-6-8-16/h4-10,13,15,17,20H,3,11-12,14H2,1-2H3,(H,23,24)/t17-,20+/m0/s1. The fourth-order valence-electron chi connectivity index (χ4n) is 4.07. The number of hydrogen-bond acceptors (Lipinski definition) is 5. The van der Waals surface area contributed by atoms with Crippen LogP contribution >= 0.6 is 0 Å². The molecule has 0 radical (unpaired) electrons. The predicted molar refractivity (Wildman–Crippen MR) is 114 cm³/mol. The molecule has 2 atom stereocenters. The zero-order valence-electron chi connectivity index (χ0n) is 17.2. The van der Waals surface area contributed by atoms with Crippen molar-refractivity contribution in [1.29, 1.82) is 0 Å². The maximum Gasteiger partial charge on any atom is 0.293 e. The van der Waals surface area contributed by atoms with Crippen molar-refractivity contribution < 1.29 is 4.79 Å². The summed E-state index contributed by atoms with van der Waals surface area (Å²) in [5.41, 5.74) is 2.02. The van der Waals surface area contributed by atoms with Crippen LogP contribution in [0.15, 0.2) is 59.9 Å². The van der Waals surface area contributed by atoms with Crippen molar-refractivity contribution >= 4 is 11.7 Å². The lowest BCUT2D eigenvalue weighted by Crippen LogP contribution is -2.29. The minimum Gasteiger partial charge on any atom is -0.365 e. The molecule has 1 N–H and O–H groups in total. The maximum absolute atomic E-state index is 12.4. The molecule has 156 valence electrons. The number of anilines is 1. The summed E-state index contributed by atoms with van der Waals surface area (Å²) in [7, 11) is 1.83. The van der Waals surface area contributed by atoms with Gasteiger partial charge in [0.1, 0.15) is 0 Å². The first kappa shape index (κ1) is 19.9. The summed E-state index contributed by atoms with van der Waals surface area (Å²) in [4.78, 5) is 30.8. The molecule has 0 aliphatic carbocycles. The SMILES string of the molecule is CCn1ccnc(NC[C@@H]2CC(=O)N(C)[C@H]2c2cnn(Cc3ccccc3)c2)c1=O. The van der Waals surface area contributed by atoms with E-state index in [2.05, 4.69) is 27.5 Å². The second-order valence-electron chi connectivity index (χ2n) is 7.62. The lowest BCUT2D eigenvalue weighted by Gasteiger charge is -2.24. The van der Waals surface area contributed by atoms with Crippen LogP contribution in [0.1, 0.15) is 30.5 Å². The summed E-state index contributed by atoms with van der Waals surface area (Å²) in [6.45, 7) is 3.67. The van der Waals surface area contributed by atoms with Gasteiger partial charge < -0.3 is 14.8 Å². The molecule has 0 bridgehead atoms. The number of carbonyl (C=O) groups excluding carboxylic acids is 1. The van der Waals surface area contributed by atoms with Crippen LogP contribution in [0.25, 0.3) is 0 Å². The van der Waals surface area contributed by atoms with Gasteiger partial charge in [-0.05, 0) is 12.5 Å². The number of aryl methyl sites for hydroxylation is 1. The van der Waals surface area contributed by atoms with Gasteiger partial charge in [0.2, 0.25) is 5.91 Å². The number of nitrogens with one attached hydrogen (secondary N) is 1. The monoisotopic (exact) mass is 406 g/mol. The molecule has 3 aromatic rings. The minimum absolute atomic E-state index is 0.0216. The van der Waals surface area contributed by atoms with Crippen molar-refractivity contribution in [2.75, 3.05) is 18.9 Å². The lowest BCUT2D eigenvalue weighted by molar-refractivity contribution is -0.127. The Kier molecular flexibility index (Phi) is 5.65. The molecular weight excluding hydrogens is 380 g/mol. The van der Waals surface area contributed by atoms with Gasteiger partial charge in [0, 0.05) is 56.6 Å². The topological polar surface area (TPSA) is 85.1 Å². The van der Waals surface area contributed by atoms with E-state index in [0.29, 0.717) is 31.9 Å². The van der Waals surface area contributed by atoms with Crippen molar-refractivity contribution in [1.82, 2.24) is 24.2 Å². The number of carbonyl (C=O) groups is 1. The molecular formula is C22H26N6O2. The van der Waals surface area contributed by atoms with Crippen molar-refractivity contribution in [2.45, 2.75) is 32.5 Å². The van der Waals surface area contributed by atoms with Crippen LogP contribution in [-0.4, -0.2) is 43.7 Å². The number of hydrogen-bond donors (Lipinski definition) is 1. The average Bonchev–Trinajstić information content (AvgIpc) is 3.32. The van der Waals surface area contributed by atoms with E-state index in [0.717, 1.165) is 5.56 Å². The summed E-state index contributed by atoms with van der Waals surface area (Å²) >= 11 is 0. The largest absolute Gasteiger partial charge is 0.365 e. The molecule has 0 saturated carbocycles. The first-order valence-corrected chi connectivity index (χ1v) is 10.2. The van der Waals surface area contributed by atoms with Gasteiger partial charge in [0.25, 0.3) is 5.56 Å². The van der Waals surface area contributed by atoms with Crippen molar-refractivity contribution in [2.24, 2.45) is 5.92 Å². The first-order chi connectivity index (χ1) is 14.6.